The Hall–Kier alpha value is -2.12. The molecule has 0 atom stereocenters. The van der Waals surface area contributed by atoms with Gasteiger partial charge in [-0.2, -0.15) is 5.26 Å². The molecule has 0 saturated carbocycles. The van der Waals surface area contributed by atoms with Crippen LogP contribution in [-0.2, 0) is 13.0 Å². The molecule has 0 aliphatic carbocycles. The minimum atomic E-state index is 0.496. The van der Waals surface area contributed by atoms with Crippen LogP contribution in [0.4, 0.5) is 5.82 Å². The summed E-state index contributed by atoms with van der Waals surface area (Å²) in [7, 11) is 0. The quantitative estimate of drug-likeness (QED) is 0.851. The van der Waals surface area contributed by atoms with E-state index in [2.05, 4.69) is 28.3 Å². The van der Waals surface area contributed by atoms with Gasteiger partial charge in [0, 0.05) is 18.5 Å². The first-order valence-corrected chi connectivity index (χ1v) is 7.27. The molecule has 2 aromatic rings. The molecule has 0 saturated heterocycles. The highest BCUT2D eigenvalue weighted by Gasteiger charge is 2.08. The number of nitriles is 1. The number of nitrogens with zero attached hydrogens (tertiary/aromatic N) is 3. The van der Waals surface area contributed by atoms with Crippen molar-refractivity contribution < 1.29 is 0 Å². The summed E-state index contributed by atoms with van der Waals surface area (Å²) in [5.74, 6) is 1.53. The second kappa shape index (κ2) is 7.05. The zero-order valence-corrected chi connectivity index (χ0v) is 12.9. The van der Waals surface area contributed by atoms with Crippen LogP contribution in [0.1, 0.15) is 35.9 Å². The molecule has 5 heteroatoms. The van der Waals surface area contributed by atoms with E-state index in [9.17, 15) is 0 Å². The summed E-state index contributed by atoms with van der Waals surface area (Å²) in [6, 6.07) is 9.57. The van der Waals surface area contributed by atoms with Crippen LogP contribution in [0.25, 0.3) is 0 Å². The number of rotatable bonds is 5. The molecule has 1 aromatic carbocycles. The zero-order chi connectivity index (χ0) is 15.2. The second-order valence-electron chi connectivity index (χ2n) is 4.82. The van der Waals surface area contributed by atoms with Crippen LogP contribution in [0, 0.1) is 18.3 Å². The van der Waals surface area contributed by atoms with Crippen molar-refractivity contribution in [1.29, 1.82) is 5.26 Å². The minimum absolute atomic E-state index is 0.496. The monoisotopic (exact) mass is 300 g/mol. The van der Waals surface area contributed by atoms with Gasteiger partial charge in [-0.1, -0.05) is 30.7 Å². The largest absolute Gasteiger partial charge is 0.366 e. The zero-order valence-electron chi connectivity index (χ0n) is 12.2. The van der Waals surface area contributed by atoms with Crippen LogP contribution in [-0.4, -0.2) is 9.97 Å². The summed E-state index contributed by atoms with van der Waals surface area (Å²) < 4.78 is 0. The molecule has 1 aromatic heterocycles. The van der Waals surface area contributed by atoms with E-state index in [1.165, 1.54) is 0 Å². The number of anilines is 1. The molecule has 0 fully saturated rings. The van der Waals surface area contributed by atoms with Crippen LogP contribution < -0.4 is 5.32 Å². The third kappa shape index (κ3) is 3.93. The van der Waals surface area contributed by atoms with Gasteiger partial charge >= 0.3 is 0 Å². The minimum Gasteiger partial charge on any atom is -0.366 e. The molecular weight excluding hydrogens is 284 g/mol. The van der Waals surface area contributed by atoms with Gasteiger partial charge < -0.3 is 5.32 Å². The fourth-order valence-electron chi connectivity index (χ4n) is 1.92. The van der Waals surface area contributed by atoms with E-state index in [4.69, 9.17) is 16.9 Å². The standard InChI is InChI=1S/C16H17ClN4/c1-3-4-14-20-15(17)11(2)16(21-14)19-10-13-7-5-12(9-18)6-8-13/h5-8H,3-4,10H2,1-2H3,(H,19,20,21). The normalized spacial score (nSPS) is 10.2. The van der Waals surface area contributed by atoms with Crippen LogP contribution >= 0.6 is 11.6 Å². The molecule has 0 radical (unpaired) electrons. The molecule has 21 heavy (non-hydrogen) atoms. The van der Waals surface area contributed by atoms with Gasteiger partial charge in [0.15, 0.2) is 0 Å². The van der Waals surface area contributed by atoms with E-state index < -0.39 is 0 Å². The van der Waals surface area contributed by atoms with Crippen LogP contribution in [0.2, 0.25) is 5.15 Å². The summed E-state index contributed by atoms with van der Waals surface area (Å²) in [5.41, 5.74) is 2.59. The van der Waals surface area contributed by atoms with Gasteiger partial charge in [-0.05, 0) is 31.0 Å². The molecule has 1 N–H and O–H groups in total. The highest BCUT2D eigenvalue weighted by molar-refractivity contribution is 6.30. The van der Waals surface area contributed by atoms with Crippen molar-refractivity contribution in [2.45, 2.75) is 33.2 Å². The fraction of sp³-hybridized carbons (Fsp3) is 0.312. The van der Waals surface area contributed by atoms with Crippen molar-refractivity contribution >= 4 is 17.4 Å². The lowest BCUT2D eigenvalue weighted by atomic mass is 10.1. The van der Waals surface area contributed by atoms with Gasteiger partial charge in [-0.15, -0.1) is 0 Å². The predicted octanol–water partition coefficient (Wildman–Crippen LogP) is 3.87. The van der Waals surface area contributed by atoms with Crippen LogP contribution in [0.5, 0.6) is 0 Å². The first kappa shape index (κ1) is 15.3. The number of halogens is 1. The van der Waals surface area contributed by atoms with Crippen molar-refractivity contribution in [3.05, 3.63) is 51.9 Å². The number of hydrogen-bond acceptors (Lipinski definition) is 4. The third-order valence-corrected chi connectivity index (χ3v) is 3.52. The van der Waals surface area contributed by atoms with E-state index >= 15 is 0 Å². The van der Waals surface area contributed by atoms with Crippen LogP contribution in [0.15, 0.2) is 24.3 Å². The number of hydrogen-bond donors (Lipinski definition) is 1. The highest BCUT2D eigenvalue weighted by atomic mass is 35.5. The van der Waals surface area contributed by atoms with Gasteiger partial charge in [0.05, 0.1) is 11.6 Å². The van der Waals surface area contributed by atoms with Gasteiger partial charge in [-0.3, -0.25) is 0 Å². The molecule has 0 bridgehead atoms. The third-order valence-electron chi connectivity index (χ3n) is 3.15. The lowest BCUT2D eigenvalue weighted by molar-refractivity contribution is 0.830. The summed E-state index contributed by atoms with van der Waals surface area (Å²) in [5, 5.41) is 12.6. The Labute approximate surface area is 129 Å². The molecular formula is C16H17ClN4. The van der Waals surface area contributed by atoms with Crippen molar-refractivity contribution in [2.24, 2.45) is 0 Å². The van der Waals surface area contributed by atoms with Gasteiger partial charge in [0.1, 0.15) is 16.8 Å². The highest BCUT2D eigenvalue weighted by Crippen LogP contribution is 2.21. The Bertz CT molecular complexity index is 659. The van der Waals surface area contributed by atoms with E-state index in [0.717, 1.165) is 35.6 Å². The lowest BCUT2D eigenvalue weighted by Crippen LogP contribution is -2.07. The van der Waals surface area contributed by atoms with Gasteiger partial charge in [0.25, 0.3) is 0 Å². The SMILES string of the molecule is CCCc1nc(Cl)c(C)c(NCc2ccc(C#N)cc2)n1. The fourth-order valence-corrected chi connectivity index (χ4v) is 2.11. The first-order valence-electron chi connectivity index (χ1n) is 6.90. The smallest absolute Gasteiger partial charge is 0.137 e. The van der Waals surface area contributed by atoms with Gasteiger partial charge in [-0.25, -0.2) is 9.97 Å². The number of aromatic nitrogens is 2. The average Bonchev–Trinajstić information content (AvgIpc) is 2.50. The molecule has 0 amide bonds. The van der Waals surface area contributed by atoms with Crippen molar-refractivity contribution in [2.75, 3.05) is 5.32 Å². The summed E-state index contributed by atoms with van der Waals surface area (Å²) in [6.45, 7) is 4.62. The van der Waals surface area contributed by atoms with Crippen molar-refractivity contribution in [3.63, 3.8) is 0 Å². The van der Waals surface area contributed by atoms with E-state index in [0.29, 0.717) is 17.3 Å². The molecule has 0 spiro atoms. The average molecular weight is 301 g/mol. The lowest BCUT2D eigenvalue weighted by Gasteiger charge is -2.11. The van der Waals surface area contributed by atoms with E-state index in [1.54, 1.807) is 12.1 Å². The first-order chi connectivity index (χ1) is 10.1. The van der Waals surface area contributed by atoms with Gasteiger partial charge in [0.2, 0.25) is 0 Å². The Kier molecular flexibility index (Phi) is 5.13. The molecule has 4 nitrogen and oxygen atoms in total. The Morgan fingerprint density at radius 2 is 1.95 bits per heavy atom. The second-order valence-corrected chi connectivity index (χ2v) is 5.17. The number of nitrogens with one attached hydrogen (secondary N) is 1. The van der Waals surface area contributed by atoms with Crippen molar-refractivity contribution in [1.82, 2.24) is 9.97 Å². The summed E-state index contributed by atoms with van der Waals surface area (Å²) in [4.78, 5) is 8.79. The summed E-state index contributed by atoms with van der Waals surface area (Å²) in [6.07, 6.45) is 1.79. The molecule has 1 heterocycles. The maximum Gasteiger partial charge on any atom is 0.137 e. The Morgan fingerprint density at radius 3 is 2.57 bits per heavy atom. The van der Waals surface area contributed by atoms with E-state index in [-0.39, 0.29) is 0 Å². The topological polar surface area (TPSA) is 61.6 Å². The molecule has 108 valence electrons. The predicted molar refractivity (Wildman–Crippen MR) is 84.3 cm³/mol. The summed E-state index contributed by atoms with van der Waals surface area (Å²) >= 11 is 6.15. The number of aryl methyl sites for hydroxylation is 1. The Morgan fingerprint density at radius 1 is 1.24 bits per heavy atom. The molecule has 0 aliphatic rings. The van der Waals surface area contributed by atoms with Crippen molar-refractivity contribution in [3.8, 4) is 6.07 Å². The van der Waals surface area contributed by atoms with E-state index in [1.807, 2.05) is 19.1 Å². The number of benzene rings is 1. The molecule has 2 rings (SSSR count). The van der Waals surface area contributed by atoms with Crippen LogP contribution in [0.3, 0.4) is 0 Å². The maximum atomic E-state index is 8.79. The molecule has 0 unspecified atom stereocenters. The maximum absolute atomic E-state index is 8.79. The molecule has 0 aliphatic heterocycles. The Balaban J connectivity index is 2.13.